The molecule has 0 atom stereocenters. The molecule has 1 saturated carbocycles. The number of hydrogen-bond acceptors (Lipinski definition) is 6. The SMILES string of the molecule is CN(C(=O)OC(C)(C)C)C1CCC(N(C)c2cnc(C#N)c(Cl)n2)CC1. The number of anilines is 1. The Kier molecular flexibility index (Phi) is 6.30. The number of rotatable bonds is 3. The number of amides is 1. The lowest BCUT2D eigenvalue weighted by molar-refractivity contribution is 0.0183. The molecule has 0 bridgehead atoms. The zero-order valence-corrected chi connectivity index (χ0v) is 16.7. The molecular formula is C18H26ClN5O2. The molecule has 1 aromatic rings. The summed E-state index contributed by atoms with van der Waals surface area (Å²) < 4.78 is 5.45. The lowest BCUT2D eigenvalue weighted by atomic mass is 9.89. The van der Waals surface area contributed by atoms with Gasteiger partial charge in [0.15, 0.2) is 10.8 Å². The summed E-state index contributed by atoms with van der Waals surface area (Å²) in [6.07, 6.45) is 4.92. The summed E-state index contributed by atoms with van der Waals surface area (Å²) >= 11 is 5.98. The van der Waals surface area contributed by atoms with E-state index in [2.05, 4.69) is 9.97 Å². The maximum Gasteiger partial charge on any atom is 0.410 e. The Balaban J connectivity index is 1.94. The van der Waals surface area contributed by atoms with E-state index in [0.717, 1.165) is 25.7 Å². The maximum absolute atomic E-state index is 12.2. The molecule has 0 saturated heterocycles. The summed E-state index contributed by atoms with van der Waals surface area (Å²) in [5.74, 6) is 0.651. The van der Waals surface area contributed by atoms with Gasteiger partial charge in [-0.25, -0.2) is 14.8 Å². The number of carbonyl (C=O) groups excluding carboxylic acids is 1. The van der Waals surface area contributed by atoms with Crippen LogP contribution in [0.15, 0.2) is 6.20 Å². The first-order valence-electron chi connectivity index (χ1n) is 8.73. The molecule has 1 amide bonds. The largest absolute Gasteiger partial charge is 0.444 e. The van der Waals surface area contributed by atoms with Crippen molar-refractivity contribution < 1.29 is 9.53 Å². The van der Waals surface area contributed by atoms with Gasteiger partial charge < -0.3 is 14.5 Å². The summed E-state index contributed by atoms with van der Waals surface area (Å²) in [7, 11) is 3.75. The van der Waals surface area contributed by atoms with Crippen LogP contribution < -0.4 is 4.90 Å². The number of nitrogens with zero attached hydrogens (tertiary/aromatic N) is 5. The average molecular weight is 380 g/mol. The van der Waals surface area contributed by atoms with Crippen molar-refractivity contribution in [2.45, 2.75) is 64.1 Å². The standard InChI is InChI=1S/C18H26ClN5O2/c1-18(2,3)26-17(25)24(5)13-8-6-12(7-9-13)23(4)15-11-21-14(10-20)16(19)22-15/h11-13H,6-9H2,1-5H3. The zero-order valence-electron chi connectivity index (χ0n) is 16.0. The van der Waals surface area contributed by atoms with Gasteiger partial charge in [0.2, 0.25) is 0 Å². The predicted octanol–water partition coefficient (Wildman–Crippen LogP) is 3.62. The Morgan fingerprint density at radius 1 is 1.27 bits per heavy atom. The van der Waals surface area contributed by atoms with E-state index in [-0.39, 0.29) is 29.0 Å². The molecule has 1 aromatic heterocycles. The van der Waals surface area contributed by atoms with Crippen molar-refractivity contribution in [3.63, 3.8) is 0 Å². The quantitative estimate of drug-likeness (QED) is 0.797. The monoisotopic (exact) mass is 379 g/mol. The Labute approximate surface area is 159 Å². The van der Waals surface area contributed by atoms with Gasteiger partial charge in [-0.1, -0.05) is 11.6 Å². The van der Waals surface area contributed by atoms with E-state index >= 15 is 0 Å². The molecule has 1 aliphatic rings. The lowest BCUT2D eigenvalue weighted by Crippen LogP contribution is -2.45. The van der Waals surface area contributed by atoms with Gasteiger partial charge in [0.05, 0.1) is 6.20 Å². The van der Waals surface area contributed by atoms with Crippen molar-refractivity contribution in [2.24, 2.45) is 0 Å². The van der Waals surface area contributed by atoms with Crippen LogP contribution in [-0.4, -0.2) is 52.7 Å². The maximum atomic E-state index is 12.2. The van der Waals surface area contributed by atoms with E-state index in [0.29, 0.717) is 5.82 Å². The zero-order chi connectivity index (χ0) is 19.5. The minimum Gasteiger partial charge on any atom is -0.444 e. The van der Waals surface area contributed by atoms with Crippen LogP contribution in [0.3, 0.4) is 0 Å². The molecule has 0 spiro atoms. The highest BCUT2D eigenvalue weighted by Crippen LogP contribution is 2.29. The van der Waals surface area contributed by atoms with Crippen molar-refractivity contribution >= 4 is 23.5 Å². The van der Waals surface area contributed by atoms with Crippen molar-refractivity contribution in [1.82, 2.24) is 14.9 Å². The number of nitriles is 1. The number of carbonyl (C=O) groups is 1. The average Bonchev–Trinajstić information content (AvgIpc) is 2.59. The fourth-order valence-electron chi connectivity index (χ4n) is 3.11. The van der Waals surface area contributed by atoms with E-state index in [4.69, 9.17) is 21.6 Å². The van der Waals surface area contributed by atoms with Crippen molar-refractivity contribution in [3.05, 3.63) is 17.0 Å². The summed E-state index contributed by atoms with van der Waals surface area (Å²) in [5.41, 5.74) is -0.359. The topological polar surface area (TPSA) is 82.4 Å². The van der Waals surface area contributed by atoms with E-state index in [9.17, 15) is 4.79 Å². The third-order valence-corrected chi connectivity index (χ3v) is 4.89. The first kappa shape index (κ1) is 20.2. The third kappa shape index (κ3) is 4.98. The van der Waals surface area contributed by atoms with Crippen molar-refractivity contribution in [3.8, 4) is 6.07 Å². The molecule has 1 fully saturated rings. The van der Waals surface area contributed by atoms with Gasteiger partial charge in [0.1, 0.15) is 17.5 Å². The Morgan fingerprint density at radius 3 is 2.35 bits per heavy atom. The second-order valence-electron chi connectivity index (χ2n) is 7.64. The Hall–Kier alpha value is -2.07. The molecule has 1 aliphatic carbocycles. The number of ether oxygens (including phenoxy) is 1. The van der Waals surface area contributed by atoms with Crippen LogP contribution in [0.2, 0.25) is 5.15 Å². The van der Waals surface area contributed by atoms with Crippen LogP contribution in [0.5, 0.6) is 0 Å². The van der Waals surface area contributed by atoms with E-state index in [1.54, 1.807) is 18.1 Å². The molecule has 8 heteroatoms. The van der Waals surface area contributed by atoms with E-state index < -0.39 is 5.60 Å². The highest BCUT2D eigenvalue weighted by atomic mass is 35.5. The van der Waals surface area contributed by atoms with Gasteiger partial charge in [-0.05, 0) is 46.5 Å². The molecule has 0 aromatic carbocycles. The van der Waals surface area contributed by atoms with Gasteiger partial charge in [-0.3, -0.25) is 0 Å². The fourth-order valence-corrected chi connectivity index (χ4v) is 3.28. The predicted molar refractivity (Wildman–Crippen MR) is 100 cm³/mol. The molecule has 142 valence electrons. The van der Waals surface area contributed by atoms with Gasteiger partial charge in [-0.2, -0.15) is 5.26 Å². The lowest BCUT2D eigenvalue weighted by Gasteiger charge is -2.38. The summed E-state index contributed by atoms with van der Waals surface area (Å²) in [6.45, 7) is 5.61. The second kappa shape index (κ2) is 8.09. The molecule has 0 radical (unpaired) electrons. The van der Waals surface area contributed by atoms with Crippen LogP contribution in [0.4, 0.5) is 10.6 Å². The first-order chi connectivity index (χ1) is 12.1. The van der Waals surface area contributed by atoms with Crippen molar-refractivity contribution in [2.75, 3.05) is 19.0 Å². The highest BCUT2D eigenvalue weighted by molar-refractivity contribution is 6.30. The molecule has 26 heavy (non-hydrogen) atoms. The highest BCUT2D eigenvalue weighted by Gasteiger charge is 2.31. The number of hydrogen-bond donors (Lipinski definition) is 0. The summed E-state index contributed by atoms with van der Waals surface area (Å²) in [5, 5.41) is 9.02. The first-order valence-corrected chi connectivity index (χ1v) is 9.11. The van der Waals surface area contributed by atoms with Gasteiger partial charge in [-0.15, -0.1) is 0 Å². The molecule has 1 heterocycles. The number of aromatic nitrogens is 2. The van der Waals surface area contributed by atoms with E-state index in [1.165, 1.54) is 0 Å². The summed E-state index contributed by atoms with van der Waals surface area (Å²) in [4.78, 5) is 24.3. The Bertz CT molecular complexity index is 690. The molecule has 0 unspecified atom stereocenters. The van der Waals surface area contributed by atoms with Crippen LogP contribution in [0.25, 0.3) is 0 Å². The van der Waals surface area contributed by atoms with Crippen LogP contribution in [0, 0.1) is 11.3 Å². The third-order valence-electron chi connectivity index (χ3n) is 4.63. The van der Waals surface area contributed by atoms with Crippen LogP contribution in [-0.2, 0) is 4.74 Å². The minimum absolute atomic E-state index is 0.121. The second-order valence-corrected chi connectivity index (χ2v) is 8.00. The Morgan fingerprint density at radius 2 is 1.85 bits per heavy atom. The van der Waals surface area contributed by atoms with Gasteiger partial charge in [0.25, 0.3) is 0 Å². The molecular weight excluding hydrogens is 354 g/mol. The smallest absolute Gasteiger partial charge is 0.410 e. The number of halogens is 1. The molecule has 2 rings (SSSR count). The summed E-state index contributed by atoms with van der Waals surface area (Å²) in [6, 6.07) is 2.37. The van der Waals surface area contributed by atoms with Crippen LogP contribution in [0.1, 0.15) is 52.1 Å². The normalized spacial score (nSPS) is 20.2. The molecule has 0 N–H and O–H groups in total. The molecule has 0 aliphatic heterocycles. The van der Waals surface area contributed by atoms with Gasteiger partial charge in [0, 0.05) is 26.2 Å². The fraction of sp³-hybridized carbons (Fsp3) is 0.667. The van der Waals surface area contributed by atoms with E-state index in [1.807, 2.05) is 38.8 Å². The molecule has 7 nitrogen and oxygen atoms in total. The van der Waals surface area contributed by atoms with Gasteiger partial charge >= 0.3 is 6.09 Å². The minimum atomic E-state index is -0.490. The van der Waals surface area contributed by atoms with Crippen LogP contribution >= 0.6 is 11.6 Å². The van der Waals surface area contributed by atoms with Crippen molar-refractivity contribution in [1.29, 1.82) is 5.26 Å².